The Labute approximate surface area is 175 Å². The van der Waals surface area contributed by atoms with Crippen molar-refractivity contribution in [3.8, 4) is 0 Å². The second-order valence-corrected chi connectivity index (χ2v) is 8.46. The van der Waals surface area contributed by atoms with E-state index >= 15 is 0 Å². The van der Waals surface area contributed by atoms with E-state index in [-0.39, 0.29) is 17.5 Å². The number of nitrogens with zero attached hydrogens (tertiary/aromatic N) is 3. The van der Waals surface area contributed by atoms with Crippen LogP contribution in [0.15, 0.2) is 48.5 Å². The third-order valence-corrected chi connectivity index (χ3v) is 6.47. The number of amides is 1. The highest BCUT2D eigenvalue weighted by molar-refractivity contribution is 5.93. The molecular weight excluding hydrogens is 379 g/mol. The number of fused-ring (bicyclic) bond motifs is 1. The van der Waals surface area contributed by atoms with Gasteiger partial charge in [0.1, 0.15) is 5.82 Å². The Balaban J connectivity index is 1.41. The van der Waals surface area contributed by atoms with Gasteiger partial charge in [0.05, 0.1) is 22.6 Å². The fraction of sp³-hybridized carbons (Fsp3) is 0.417. The summed E-state index contributed by atoms with van der Waals surface area (Å²) in [4.78, 5) is 20.1. The van der Waals surface area contributed by atoms with E-state index in [0.29, 0.717) is 12.6 Å². The van der Waals surface area contributed by atoms with Gasteiger partial charge in [-0.3, -0.25) is 4.79 Å². The standard InChI is InChI=1S/C24H27FN4O/c25-19-11-3-4-12-20(19)26-23(30)17-8-7-15-28(16-17)24-27-21-13-5-6-14-22(21)29(24)18-9-1-2-10-18/h3-6,11-14,17-18H,1-2,7-10,15-16H2,(H,26,30). The van der Waals surface area contributed by atoms with Crippen molar-refractivity contribution in [2.45, 2.75) is 44.6 Å². The van der Waals surface area contributed by atoms with Gasteiger partial charge in [0.15, 0.2) is 0 Å². The van der Waals surface area contributed by atoms with Crippen LogP contribution < -0.4 is 10.2 Å². The van der Waals surface area contributed by atoms with E-state index in [0.717, 1.165) is 30.9 Å². The number of hydrogen-bond acceptors (Lipinski definition) is 3. The number of rotatable bonds is 4. The van der Waals surface area contributed by atoms with Crippen molar-refractivity contribution < 1.29 is 9.18 Å². The van der Waals surface area contributed by atoms with E-state index in [9.17, 15) is 9.18 Å². The molecule has 2 fully saturated rings. The molecular formula is C24H27FN4O. The van der Waals surface area contributed by atoms with E-state index in [1.54, 1.807) is 18.2 Å². The van der Waals surface area contributed by atoms with E-state index in [2.05, 4.69) is 33.0 Å². The normalized spacial score (nSPS) is 20.0. The molecule has 5 nitrogen and oxygen atoms in total. The monoisotopic (exact) mass is 406 g/mol. The highest BCUT2D eigenvalue weighted by Gasteiger charge is 2.31. The molecule has 1 atom stereocenters. The van der Waals surface area contributed by atoms with Crippen molar-refractivity contribution in [2.24, 2.45) is 5.92 Å². The van der Waals surface area contributed by atoms with Crippen molar-refractivity contribution in [1.82, 2.24) is 9.55 Å². The summed E-state index contributed by atoms with van der Waals surface area (Å²) in [6, 6.07) is 15.1. The molecule has 156 valence electrons. The van der Waals surface area contributed by atoms with Gasteiger partial charge in [-0.25, -0.2) is 9.37 Å². The summed E-state index contributed by atoms with van der Waals surface area (Å²) in [5.74, 6) is 0.275. The van der Waals surface area contributed by atoms with Gasteiger partial charge in [-0.15, -0.1) is 0 Å². The average Bonchev–Trinajstić information content (AvgIpc) is 3.43. The minimum Gasteiger partial charge on any atom is -0.341 e. The molecule has 1 aromatic heterocycles. The number of piperidine rings is 1. The van der Waals surface area contributed by atoms with Gasteiger partial charge in [0, 0.05) is 19.1 Å². The number of hydrogen-bond donors (Lipinski definition) is 1. The lowest BCUT2D eigenvalue weighted by molar-refractivity contribution is -0.120. The van der Waals surface area contributed by atoms with Gasteiger partial charge < -0.3 is 14.8 Å². The summed E-state index contributed by atoms with van der Waals surface area (Å²) in [5, 5.41) is 2.78. The van der Waals surface area contributed by atoms with Gasteiger partial charge in [0.25, 0.3) is 0 Å². The van der Waals surface area contributed by atoms with Gasteiger partial charge in [-0.2, -0.15) is 0 Å². The Bertz CT molecular complexity index is 1060. The van der Waals surface area contributed by atoms with Crippen molar-refractivity contribution >= 4 is 28.6 Å². The van der Waals surface area contributed by atoms with Gasteiger partial charge in [-0.05, 0) is 49.9 Å². The Kier molecular flexibility index (Phi) is 5.15. The molecule has 1 aliphatic heterocycles. The lowest BCUT2D eigenvalue weighted by Crippen LogP contribution is -2.42. The molecule has 0 bridgehead atoms. The fourth-order valence-electron chi connectivity index (χ4n) is 4.95. The minimum atomic E-state index is -0.401. The highest BCUT2D eigenvalue weighted by Crippen LogP contribution is 2.37. The number of carbonyl (C=O) groups is 1. The lowest BCUT2D eigenvalue weighted by Gasteiger charge is -2.34. The van der Waals surface area contributed by atoms with Crippen LogP contribution in [0.3, 0.4) is 0 Å². The molecule has 1 N–H and O–H groups in total. The quantitative estimate of drug-likeness (QED) is 0.652. The first-order chi connectivity index (χ1) is 14.7. The van der Waals surface area contributed by atoms with E-state index < -0.39 is 5.82 Å². The molecule has 30 heavy (non-hydrogen) atoms. The number of nitrogens with one attached hydrogen (secondary N) is 1. The molecule has 1 saturated carbocycles. The predicted molar refractivity (Wildman–Crippen MR) is 117 cm³/mol. The molecule has 2 heterocycles. The maximum atomic E-state index is 14.0. The van der Waals surface area contributed by atoms with E-state index in [4.69, 9.17) is 4.98 Å². The zero-order valence-electron chi connectivity index (χ0n) is 17.1. The number of anilines is 2. The van der Waals surface area contributed by atoms with Crippen LogP contribution in [0.25, 0.3) is 11.0 Å². The van der Waals surface area contributed by atoms with Crippen LogP contribution in [-0.2, 0) is 4.79 Å². The molecule has 2 aromatic carbocycles. The first-order valence-electron chi connectivity index (χ1n) is 11.0. The Hall–Kier alpha value is -2.89. The predicted octanol–water partition coefficient (Wildman–Crippen LogP) is 5.15. The SMILES string of the molecule is O=C(Nc1ccccc1F)C1CCCN(c2nc3ccccc3n2C2CCCC2)C1. The third-order valence-electron chi connectivity index (χ3n) is 6.47. The van der Waals surface area contributed by atoms with Gasteiger partial charge in [-0.1, -0.05) is 37.1 Å². The van der Waals surface area contributed by atoms with Gasteiger partial charge in [0.2, 0.25) is 11.9 Å². The molecule has 6 heteroatoms. The summed E-state index contributed by atoms with van der Waals surface area (Å²) in [6.07, 6.45) is 6.59. The van der Waals surface area contributed by atoms with Crippen LogP contribution in [0, 0.1) is 11.7 Å². The van der Waals surface area contributed by atoms with Crippen LogP contribution >= 0.6 is 0 Å². The van der Waals surface area contributed by atoms with Crippen molar-refractivity contribution in [2.75, 3.05) is 23.3 Å². The number of benzene rings is 2. The Morgan fingerprint density at radius 3 is 2.60 bits per heavy atom. The Morgan fingerprint density at radius 2 is 1.77 bits per heavy atom. The summed E-state index contributed by atoms with van der Waals surface area (Å²) in [6.45, 7) is 1.50. The molecule has 3 aromatic rings. The van der Waals surface area contributed by atoms with Crippen molar-refractivity contribution in [3.63, 3.8) is 0 Å². The van der Waals surface area contributed by atoms with Crippen molar-refractivity contribution in [3.05, 3.63) is 54.3 Å². The first-order valence-corrected chi connectivity index (χ1v) is 11.0. The lowest BCUT2D eigenvalue weighted by atomic mass is 9.97. The molecule has 5 rings (SSSR count). The fourth-order valence-corrected chi connectivity index (χ4v) is 4.95. The second kappa shape index (κ2) is 8.09. The summed E-state index contributed by atoms with van der Waals surface area (Å²) in [5.41, 5.74) is 2.44. The van der Waals surface area contributed by atoms with Crippen LogP contribution in [0.1, 0.15) is 44.6 Å². The topological polar surface area (TPSA) is 50.2 Å². The third kappa shape index (κ3) is 3.55. The molecule has 0 spiro atoms. The van der Waals surface area contributed by atoms with Crippen LogP contribution in [-0.4, -0.2) is 28.5 Å². The van der Waals surface area contributed by atoms with E-state index in [1.807, 2.05) is 6.07 Å². The zero-order valence-corrected chi connectivity index (χ0v) is 17.1. The van der Waals surface area contributed by atoms with E-state index in [1.165, 1.54) is 37.3 Å². The second-order valence-electron chi connectivity index (χ2n) is 8.46. The molecule has 1 unspecified atom stereocenters. The maximum absolute atomic E-state index is 14.0. The van der Waals surface area contributed by atoms with Crippen LogP contribution in [0.4, 0.5) is 16.0 Å². The van der Waals surface area contributed by atoms with Crippen LogP contribution in [0.2, 0.25) is 0 Å². The maximum Gasteiger partial charge on any atom is 0.229 e. The number of para-hydroxylation sites is 3. The number of carbonyl (C=O) groups excluding carboxylic acids is 1. The van der Waals surface area contributed by atoms with Crippen molar-refractivity contribution in [1.29, 1.82) is 0 Å². The summed E-state index contributed by atoms with van der Waals surface area (Å²) < 4.78 is 16.4. The molecule has 2 aliphatic rings. The number of imidazole rings is 1. The molecule has 1 amide bonds. The summed E-state index contributed by atoms with van der Waals surface area (Å²) in [7, 11) is 0. The summed E-state index contributed by atoms with van der Waals surface area (Å²) >= 11 is 0. The number of halogens is 1. The smallest absolute Gasteiger partial charge is 0.229 e. The largest absolute Gasteiger partial charge is 0.341 e. The first kappa shape index (κ1) is 19.1. The Morgan fingerprint density at radius 1 is 1.00 bits per heavy atom. The van der Waals surface area contributed by atoms with Crippen LogP contribution in [0.5, 0.6) is 0 Å². The molecule has 0 radical (unpaired) electrons. The molecule has 1 aliphatic carbocycles. The highest BCUT2D eigenvalue weighted by atomic mass is 19.1. The zero-order chi connectivity index (χ0) is 20.5. The average molecular weight is 407 g/mol. The number of aromatic nitrogens is 2. The van der Waals surface area contributed by atoms with Gasteiger partial charge >= 0.3 is 0 Å². The minimum absolute atomic E-state index is 0.117. The molecule has 1 saturated heterocycles.